The first-order chi connectivity index (χ1) is 13.0. The molecule has 27 heavy (non-hydrogen) atoms. The molecule has 0 aliphatic carbocycles. The maximum absolute atomic E-state index is 13.2. The third-order valence-corrected chi connectivity index (χ3v) is 3.81. The highest BCUT2D eigenvalue weighted by atomic mass is 35.5. The lowest BCUT2D eigenvalue weighted by atomic mass is 10.2. The summed E-state index contributed by atoms with van der Waals surface area (Å²) in [6.45, 7) is 0. The van der Waals surface area contributed by atoms with Crippen LogP contribution in [0.3, 0.4) is 0 Å². The van der Waals surface area contributed by atoms with Gasteiger partial charge in [0.25, 0.3) is 5.91 Å². The first-order valence-corrected chi connectivity index (χ1v) is 8.05. The van der Waals surface area contributed by atoms with Crippen LogP contribution in [0.15, 0.2) is 48.5 Å². The van der Waals surface area contributed by atoms with Gasteiger partial charge >= 0.3 is 0 Å². The quantitative estimate of drug-likeness (QED) is 0.674. The lowest BCUT2D eigenvalue weighted by Crippen LogP contribution is -2.14. The van der Waals surface area contributed by atoms with E-state index in [9.17, 15) is 13.6 Å². The van der Waals surface area contributed by atoms with Gasteiger partial charge in [0.2, 0.25) is 0 Å². The van der Waals surface area contributed by atoms with Crippen LogP contribution < -0.4 is 15.4 Å². The zero-order valence-corrected chi connectivity index (χ0v) is 14.7. The Kier molecular flexibility index (Phi) is 5.46. The Morgan fingerprint density at radius 1 is 1.00 bits per heavy atom. The van der Waals surface area contributed by atoms with Crippen LogP contribution in [0.1, 0.15) is 10.4 Å². The smallest absolute Gasteiger partial charge is 0.256 e. The topological polar surface area (TPSA) is 76.1 Å². The van der Waals surface area contributed by atoms with Crippen LogP contribution in [0.2, 0.25) is 5.02 Å². The van der Waals surface area contributed by atoms with Crippen molar-refractivity contribution < 1.29 is 18.3 Å². The molecule has 0 saturated carbocycles. The summed E-state index contributed by atoms with van der Waals surface area (Å²) in [5, 5.41) is 13.7. The third-order valence-electron chi connectivity index (χ3n) is 3.51. The number of carbonyl (C=O) groups is 1. The Hall–Kier alpha value is -3.26. The molecule has 1 aromatic heterocycles. The molecular formula is C18H13ClF2N4O2. The minimum atomic E-state index is -1.11. The van der Waals surface area contributed by atoms with Crippen molar-refractivity contribution >= 4 is 34.8 Å². The molecule has 6 nitrogen and oxygen atoms in total. The molecule has 0 aliphatic heterocycles. The molecule has 2 aromatic carbocycles. The fourth-order valence-corrected chi connectivity index (χ4v) is 2.44. The number of rotatable bonds is 5. The van der Waals surface area contributed by atoms with Crippen molar-refractivity contribution in [3.05, 3.63) is 70.8 Å². The molecule has 0 unspecified atom stereocenters. The van der Waals surface area contributed by atoms with Gasteiger partial charge in [-0.3, -0.25) is 4.79 Å². The Morgan fingerprint density at radius 2 is 1.74 bits per heavy atom. The number of methoxy groups -OCH3 is 1. The van der Waals surface area contributed by atoms with Gasteiger partial charge in [0.1, 0.15) is 5.75 Å². The number of carbonyl (C=O) groups excluding carboxylic acids is 1. The van der Waals surface area contributed by atoms with Gasteiger partial charge in [-0.2, -0.15) is 0 Å². The molecule has 1 amide bonds. The first kappa shape index (κ1) is 18.5. The van der Waals surface area contributed by atoms with Gasteiger partial charge in [0, 0.05) is 11.3 Å². The van der Waals surface area contributed by atoms with Crippen LogP contribution in [0.4, 0.5) is 26.1 Å². The molecule has 0 bridgehead atoms. The second-order valence-electron chi connectivity index (χ2n) is 5.36. The van der Waals surface area contributed by atoms with Gasteiger partial charge in [0.05, 0.1) is 12.1 Å². The summed E-state index contributed by atoms with van der Waals surface area (Å²) in [5.74, 6) is -1.65. The summed E-state index contributed by atoms with van der Waals surface area (Å²) in [5.41, 5.74) is 0.638. The van der Waals surface area contributed by atoms with Crippen molar-refractivity contribution in [2.75, 3.05) is 17.7 Å². The first-order valence-electron chi connectivity index (χ1n) is 7.67. The molecule has 0 aliphatic rings. The lowest BCUT2D eigenvalue weighted by Gasteiger charge is -2.09. The number of nitrogens with one attached hydrogen (secondary N) is 2. The maximum Gasteiger partial charge on any atom is 0.256 e. The Morgan fingerprint density at radius 3 is 2.37 bits per heavy atom. The zero-order chi connectivity index (χ0) is 19.4. The summed E-state index contributed by atoms with van der Waals surface area (Å²) >= 11 is 6.06. The molecule has 0 spiro atoms. The number of nitrogens with zero attached hydrogens (tertiary/aromatic N) is 2. The number of hydrogen-bond acceptors (Lipinski definition) is 5. The summed E-state index contributed by atoms with van der Waals surface area (Å²) in [6, 6.07) is 11.1. The highest BCUT2D eigenvalue weighted by molar-refractivity contribution is 6.32. The SMILES string of the molecule is COc1ccc(Nc2ccc(NC(=O)c3ccc(F)c(F)c3)nn2)cc1Cl. The van der Waals surface area contributed by atoms with E-state index in [0.29, 0.717) is 22.3 Å². The predicted octanol–water partition coefficient (Wildman–Crippen LogP) is 4.41. The standard InChI is InChI=1S/C18H13ClF2N4O2/c1-27-15-5-3-11(9-12(15)19)22-16-6-7-17(25-24-16)23-18(26)10-2-4-13(20)14(21)8-10/h2-9H,1H3,(H,22,24)(H,23,25,26). The second-order valence-corrected chi connectivity index (χ2v) is 5.77. The van der Waals surface area contributed by atoms with Gasteiger partial charge < -0.3 is 15.4 Å². The number of hydrogen-bond donors (Lipinski definition) is 2. The zero-order valence-electron chi connectivity index (χ0n) is 14.0. The maximum atomic E-state index is 13.2. The molecule has 0 atom stereocenters. The monoisotopic (exact) mass is 390 g/mol. The fourth-order valence-electron chi connectivity index (χ4n) is 2.18. The molecular weight excluding hydrogens is 378 g/mol. The van der Waals surface area contributed by atoms with Gasteiger partial charge in [-0.15, -0.1) is 10.2 Å². The summed E-state index contributed by atoms with van der Waals surface area (Å²) in [7, 11) is 1.52. The number of benzene rings is 2. The van der Waals surface area contributed by atoms with Crippen molar-refractivity contribution in [1.29, 1.82) is 0 Å². The van der Waals surface area contributed by atoms with Crippen LogP contribution in [0, 0.1) is 11.6 Å². The van der Waals surface area contributed by atoms with E-state index in [2.05, 4.69) is 20.8 Å². The van der Waals surface area contributed by atoms with Crippen LogP contribution in [-0.2, 0) is 0 Å². The number of aromatic nitrogens is 2. The normalized spacial score (nSPS) is 10.4. The minimum Gasteiger partial charge on any atom is -0.495 e. The van der Waals surface area contributed by atoms with E-state index in [0.717, 1.165) is 12.1 Å². The Labute approximate surface area is 158 Å². The summed E-state index contributed by atoms with van der Waals surface area (Å²) in [6.07, 6.45) is 0. The predicted molar refractivity (Wildman–Crippen MR) is 97.6 cm³/mol. The average molecular weight is 391 g/mol. The molecule has 0 fully saturated rings. The van der Waals surface area contributed by atoms with Gasteiger partial charge in [0.15, 0.2) is 23.3 Å². The van der Waals surface area contributed by atoms with Gasteiger partial charge in [-0.25, -0.2) is 8.78 Å². The van der Waals surface area contributed by atoms with Crippen molar-refractivity contribution in [3.63, 3.8) is 0 Å². The van der Waals surface area contributed by atoms with E-state index >= 15 is 0 Å². The van der Waals surface area contributed by atoms with Gasteiger partial charge in [-0.05, 0) is 48.5 Å². The van der Waals surface area contributed by atoms with Crippen LogP contribution in [-0.4, -0.2) is 23.2 Å². The van der Waals surface area contributed by atoms with E-state index in [-0.39, 0.29) is 11.4 Å². The molecule has 3 rings (SSSR count). The average Bonchev–Trinajstić information content (AvgIpc) is 2.65. The van der Waals surface area contributed by atoms with Crippen molar-refractivity contribution in [2.45, 2.75) is 0 Å². The second kappa shape index (κ2) is 7.96. The van der Waals surface area contributed by atoms with Crippen molar-refractivity contribution in [3.8, 4) is 5.75 Å². The molecule has 2 N–H and O–H groups in total. The van der Waals surface area contributed by atoms with Crippen LogP contribution in [0.5, 0.6) is 5.75 Å². The Bertz CT molecular complexity index is 984. The van der Waals surface area contributed by atoms with Crippen molar-refractivity contribution in [2.24, 2.45) is 0 Å². The minimum absolute atomic E-state index is 0.0363. The number of ether oxygens (including phenoxy) is 1. The van der Waals surface area contributed by atoms with E-state index < -0.39 is 17.5 Å². The van der Waals surface area contributed by atoms with Crippen LogP contribution >= 0.6 is 11.6 Å². The van der Waals surface area contributed by atoms with E-state index in [4.69, 9.17) is 16.3 Å². The third kappa shape index (κ3) is 4.48. The van der Waals surface area contributed by atoms with Crippen LogP contribution in [0.25, 0.3) is 0 Å². The van der Waals surface area contributed by atoms with E-state index in [1.165, 1.54) is 19.2 Å². The van der Waals surface area contributed by atoms with Gasteiger partial charge in [-0.1, -0.05) is 11.6 Å². The molecule has 0 radical (unpaired) electrons. The summed E-state index contributed by atoms with van der Waals surface area (Å²) in [4.78, 5) is 12.0. The fraction of sp³-hybridized carbons (Fsp3) is 0.0556. The number of amides is 1. The van der Waals surface area contributed by atoms with E-state index in [1.807, 2.05) is 0 Å². The molecule has 3 aromatic rings. The molecule has 0 saturated heterocycles. The number of halogens is 3. The Balaban J connectivity index is 1.67. The highest BCUT2D eigenvalue weighted by Gasteiger charge is 2.11. The number of anilines is 3. The van der Waals surface area contributed by atoms with E-state index in [1.54, 1.807) is 24.3 Å². The summed E-state index contributed by atoms with van der Waals surface area (Å²) < 4.78 is 31.2. The lowest BCUT2D eigenvalue weighted by molar-refractivity contribution is 0.102. The largest absolute Gasteiger partial charge is 0.495 e. The molecule has 9 heteroatoms. The molecule has 1 heterocycles. The molecule has 138 valence electrons. The highest BCUT2D eigenvalue weighted by Crippen LogP contribution is 2.28. The van der Waals surface area contributed by atoms with Crippen molar-refractivity contribution in [1.82, 2.24) is 10.2 Å².